The number of carbonyl (C=O) groups excluding carboxylic acids is 2. The van der Waals surface area contributed by atoms with Gasteiger partial charge in [0.15, 0.2) is 0 Å². The molecule has 0 aromatic heterocycles. The predicted octanol–water partition coefficient (Wildman–Crippen LogP) is 7.76. The number of rotatable bonds is 13. The van der Waals surface area contributed by atoms with E-state index in [-0.39, 0.29) is 28.9 Å². The number of halogens is 5. The van der Waals surface area contributed by atoms with Gasteiger partial charge < -0.3 is 10.2 Å². The minimum Gasteiger partial charge on any atom is -0.352 e. The Balaban J connectivity index is 1.88. The molecule has 0 bridgehead atoms. The fourth-order valence-electron chi connectivity index (χ4n) is 4.92. The molecule has 0 aliphatic heterocycles. The van der Waals surface area contributed by atoms with Gasteiger partial charge in [-0.25, -0.2) is 8.42 Å². The molecule has 4 aromatic rings. The van der Waals surface area contributed by atoms with Gasteiger partial charge in [0.2, 0.25) is 11.8 Å². The maximum atomic E-state index is 14.5. The lowest BCUT2D eigenvalue weighted by molar-refractivity contribution is -0.140. The van der Waals surface area contributed by atoms with Gasteiger partial charge in [0.1, 0.15) is 12.6 Å². The minimum absolute atomic E-state index is 0.0506. The van der Waals surface area contributed by atoms with Crippen molar-refractivity contribution in [1.29, 1.82) is 0 Å². The van der Waals surface area contributed by atoms with E-state index in [0.717, 1.165) is 12.1 Å². The van der Waals surface area contributed by atoms with E-state index >= 15 is 0 Å². The Kier molecular flexibility index (Phi) is 12.2. The lowest BCUT2D eigenvalue weighted by Crippen LogP contribution is -2.54. The second kappa shape index (κ2) is 15.9. The van der Waals surface area contributed by atoms with Gasteiger partial charge in [0.25, 0.3) is 10.0 Å². The van der Waals surface area contributed by atoms with Crippen LogP contribution in [-0.2, 0) is 38.8 Å². The Morgan fingerprint density at radius 3 is 2.06 bits per heavy atom. The summed E-state index contributed by atoms with van der Waals surface area (Å²) in [6.07, 6.45) is -4.19. The number of hydrogen-bond donors (Lipinski definition) is 1. The summed E-state index contributed by atoms with van der Waals surface area (Å²) in [6, 6.07) is 23.4. The van der Waals surface area contributed by atoms with E-state index in [1.807, 2.05) is 13.8 Å². The van der Waals surface area contributed by atoms with E-state index < -0.39 is 51.9 Å². The van der Waals surface area contributed by atoms with Gasteiger partial charge in [-0.05, 0) is 60.9 Å². The molecule has 13 heteroatoms. The number of nitrogens with one attached hydrogen (secondary N) is 1. The summed E-state index contributed by atoms with van der Waals surface area (Å²) in [5, 5.41) is 2.88. The van der Waals surface area contributed by atoms with Gasteiger partial charge in [0.05, 0.1) is 21.2 Å². The van der Waals surface area contributed by atoms with E-state index in [1.54, 1.807) is 60.7 Å². The Hall–Kier alpha value is -4.06. The average molecular weight is 721 g/mol. The number of carbonyl (C=O) groups is 2. The van der Waals surface area contributed by atoms with Crippen LogP contribution in [0.15, 0.2) is 108 Å². The molecule has 4 aromatic carbocycles. The summed E-state index contributed by atoms with van der Waals surface area (Å²) in [4.78, 5) is 29.4. The van der Waals surface area contributed by atoms with Crippen molar-refractivity contribution in [3.8, 4) is 0 Å². The highest BCUT2D eigenvalue weighted by atomic mass is 35.5. The smallest absolute Gasteiger partial charge is 0.352 e. The van der Waals surface area contributed by atoms with Crippen molar-refractivity contribution in [2.45, 2.75) is 56.4 Å². The monoisotopic (exact) mass is 719 g/mol. The van der Waals surface area contributed by atoms with Crippen LogP contribution in [0.5, 0.6) is 0 Å². The highest BCUT2D eigenvalue weighted by molar-refractivity contribution is 7.92. The van der Waals surface area contributed by atoms with Crippen molar-refractivity contribution in [3.05, 3.63) is 130 Å². The molecule has 2 atom stereocenters. The van der Waals surface area contributed by atoms with Crippen molar-refractivity contribution in [2.75, 3.05) is 10.8 Å². The number of nitrogens with zero attached hydrogens (tertiary/aromatic N) is 2. The lowest BCUT2D eigenvalue weighted by atomic mass is 10.0. The Bertz CT molecular complexity index is 1830. The molecule has 0 aliphatic carbocycles. The van der Waals surface area contributed by atoms with Crippen LogP contribution >= 0.6 is 23.2 Å². The zero-order valence-electron chi connectivity index (χ0n) is 26.1. The molecular weight excluding hydrogens is 686 g/mol. The molecule has 0 saturated heterocycles. The minimum atomic E-state index is -4.84. The second-order valence-corrected chi connectivity index (χ2v) is 13.8. The maximum Gasteiger partial charge on any atom is 0.416 e. The van der Waals surface area contributed by atoms with Crippen LogP contribution in [0.4, 0.5) is 18.9 Å². The van der Waals surface area contributed by atoms with Crippen LogP contribution in [0.1, 0.15) is 37.0 Å². The first-order valence-corrected chi connectivity index (χ1v) is 17.2. The Morgan fingerprint density at radius 2 is 1.46 bits per heavy atom. The molecule has 0 radical (unpaired) electrons. The summed E-state index contributed by atoms with van der Waals surface area (Å²) >= 11 is 12.9. The summed E-state index contributed by atoms with van der Waals surface area (Å²) in [6.45, 7) is 2.50. The van der Waals surface area contributed by atoms with E-state index in [1.165, 1.54) is 29.2 Å². The highest BCUT2D eigenvalue weighted by Gasteiger charge is 2.37. The number of hydrogen-bond acceptors (Lipinski definition) is 4. The third-order valence-electron chi connectivity index (χ3n) is 7.72. The second-order valence-electron chi connectivity index (χ2n) is 11.1. The van der Waals surface area contributed by atoms with Gasteiger partial charge in [-0.15, -0.1) is 0 Å². The molecule has 1 N–H and O–H groups in total. The van der Waals surface area contributed by atoms with Crippen LogP contribution < -0.4 is 9.62 Å². The molecule has 0 fully saturated rings. The van der Waals surface area contributed by atoms with Crippen molar-refractivity contribution in [1.82, 2.24) is 10.2 Å². The lowest BCUT2D eigenvalue weighted by Gasteiger charge is -2.34. The van der Waals surface area contributed by atoms with E-state index in [2.05, 4.69) is 5.32 Å². The summed E-state index contributed by atoms with van der Waals surface area (Å²) in [7, 11) is -4.67. The number of anilines is 1. The maximum absolute atomic E-state index is 14.5. The van der Waals surface area contributed by atoms with Crippen molar-refractivity contribution < 1.29 is 31.2 Å². The Morgan fingerprint density at radius 1 is 0.854 bits per heavy atom. The van der Waals surface area contributed by atoms with Gasteiger partial charge in [-0.2, -0.15) is 13.2 Å². The number of alkyl halides is 3. The molecule has 4 rings (SSSR count). The number of sulfonamides is 1. The molecule has 0 aliphatic rings. The summed E-state index contributed by atoms with van der Waals surface area (Å²) in [5.41, 5.74) is -0.527. The van der Waals surface area contributed by atoms with Gasteiger partial charge >= 0.3 is 6.18 Å². The van der Waals surface area contributed by atoms with Crippen LogP contribution in [0.2, 0.25) is 10.0 Å². The van der Waals surface area contributed by atoms with Crippen molar-refractivity contribution in [2.24, 2.45) is 0 Å². The molecule has 2 amide bonds. The zero-order chi connectivity index (χ0) is 35.1. The number of benzene rings is 4. The first-order chi connectivity index (χ1) is 22.7. The van der Waals surface area contributed by atoms with Crippen molar-refractivity contribution >= 4 is 50.7 Å². The first kappa shape index (κ1) is 36.8. The summed E-state index contributed by atoms with van der Waals surface area (Å²) < 4.78 is 70.3. The summed E-state index contributed by atoms with van der Waals surface area (Å²) in [5.74, 6) is -1.37. The Labute approximate surface area is 288 Å². The zero-order valence-corrected chi connectivity index (χ0v) is 28.5. The number of amides is 2. The highest BCUT2D eigenvalue weighted by Crippen LogP contribution is 2.37. The first-order valence-electron chi connectivity index (χ1n) is 15.0. The largest absolute Gasteiger partial charge is 0.416 e. The van der Waals surface area contributed by atoms with Crippen molar-refractivity contribution in [3.63, 3.8) is 0 Å². The molecule has 48 heavy (non-hydrogen) atoms. The molecule has 0 saturated carbocycles. The van der Waals surface area contributed by atoms with E-state index in [0.29, 0.717) is 32.9 Å². The standard InChI is InChI=1S/C35H34Cl2F3N3O4S/c1-3-24(2)41-34(45)32(20-25-12-6-4-7-13-25)42(22-26-14-10-11-17-29(26)36)33(44)23-43(48(46,47)28-15-8-5-9-16-28)31-21-27(35(38,39)40)18-19-30(31)37/h4-19,21,24,32H,3,20,22-23H2,1-2H3,(H,41,45)/t24-,32-/m1/s1. The molecule has 0 unspecified atom stereocenters. The topological polar surface area (TPSA) is 86.8 Å². The van der Waals surface area contributed by atoms with Gasteiger partial charge in [0, 0.05) is 24.0 Å². The fourth-order valence-corrected chi connectivity index (χ4v) is 6.83. The van der Waals surface area contributed by atoms with Crippen LogP contribution in [0.25, 0.3) is 0 Å². The normalized spacial score (nSPS) is 13.0. The molecule has 7 nitrogen and oxygen atoms in total. The van der Waals surface area contributed by atoms with E-state index in [4.69, 9.17) is 23.2 Å². The predicted molar refractivity (Wildman–Crippen MR) is 181 cm³/mol. The molecule has 0 spiro atoms. The fraction of sp³-hybridized carbons (Fsp3) is 0.257. The quantitative estimate of drug-likeness (QED) is 0.153. The van der Waals surface area contributed by atoms with Gasteiger partial charge in [-0.1, -0.05) is 96.9 Å². The molecule has 254 valence electrons. The third kappa shape index (κ3) is 9.09. The SMILES string of the molecule is CC[C@@H](C)NC(=O)[C@@H](Cc1ccccc1)N(Cc1ccccc1Cl)C(=O)CN(c1cc(C(F)(F)F)ccc1Cl)S(=O)(=O)c1ccccc1. The third-order valence-corrected chi connectivity index (χ3v) is 10.2. The van der Waals surface area contributed by atoms with Crippen LogP contribution in [-0.4, -0.2) is 43.8 Å². The molecule has 0 heterocycles. The average Bonchev–Trinajstić information content (AvgIpc) is 3.06. The van der Waals surface area contributed by atoms with Crippen LogP contribution in [0.3, 0.4) is 0 Å². The molecular formula is C35H34Cl2F3N3O4S. The van der Waals surface area contributed by atoms with Crippen LogP contribution in [0, 0.1) is 0 Å². The van der Waals surface area contributed by atoms with Gasteiger partial charge in [-0.3, -0.25) is 13.9 Å². The van der Waals surface area contributed by atoms with E-state index in [9.17, 15) is 31.2 Å².